The molecule has 3 heteroatoms. The summed E-state index contributed by atoms with van der Waals surface area (Å²) in [5.41, 5.74) is 4.81. The van der Waals surface area contributed by atoms with Gasteiger partial charge in [-0.25, -0.2) is 4.98 Å². The van der Waals surface area contributed by atoms with Crippen molar-refractivity contribution in [3.8, 4) is 21.0 Å². The molecule has 1 aromatic heterocycles. The first-order chi connectivity index (χ1) is 10.3. The molecule has 0 aliphatic rings. The highest BCUT2D eigenvalue weighted by molar-refractivity contribution is 7.18. The molecular formula is C18H18N2S. The predicted molar refractivity (Wildman–Crippen MR) is 90.5 cm³/mol. The van der Waals surface area contributed by atoms with Gasteiger partial charge in [0.1, 0.15) is 5.01 Å². The molecule has 106 valence electrons. The molecule has 0 unspecified atom stereocenters. The number of aryl methyl sites for hydroxylation is 1. The first kappa shape index (κ1) is 14.0. The lowest BCUT2D eigenvalue weighted by Crippen LogP contribution is -2.06. The number of aromatic nitrogens is 1. The van der Waals surface area contributed by atoms with E-state index in [1.165, 1.54) is 21.6 Å². The van der Waals surface area contributed by atoms with Crippen LogP contribution < -0.4 is 5.32 Å². The van der Waals surface area contributed by atoms with Gasteiger partial charge >= 0.3 is 0 Å². The average molecular weight is 294 g/mol. The van der Waals surface area contributed by atoms with Crippen LogP contribution in [-0.4, -0.2) is 12.0 Å². The van der Waals surface area contributed by atoms with Crippen LogP contribution in [0, 0.1) is 6.92 Å². The number of thiazole rings is 1. The van der Waals surface area contributed by atoms with Crippen LogP contribution in [0.5, 0.6) is 0 Å². The molecule has 0 atom stereocenters. The molecule has 2 aromatic carbocycles. The Hall–Kier alpha value is -1.97. The Morgan fingerprint density at radius 3 is 2.48 bits per heavy atom. The van der Waals surface area contributed by atoms with Crippen molar-refractivity contribution in [1.82, 2.24) is 10.3 Å². The van der Waals surface area contributed by atoms with Crippen LogP contribution in [0.1, 0.15) is 11.3 Å². The van der Waals surface area contributed by atoms with Crippen LogP contribution in [-0.2, 0) is 6.54 Å². The zero-order valence-corrected chi connectivity index (χ0v) is 13.1. The Morgan fingerprint density at radius 2 is 1.76 bits per heavy atom. The van der Waals surface area contributed by atoms with Crippen molar-refractivity contribution in [2.75, 3.05) is 7.05 Å². The molecule has 1 heterocycles. The van der Waals surface area contributed by atoms with Gasteiger partial charge in [0.25, 0.3) is 0 Å². The molecule has 2 nitrogen and oxygen atoms in total. The van der Waals surface area contributed by atoms with E-state index in [-0.39, 0.29) is 0 Å². The second kappa shape index (κ2) is 6.20. The molecule has 0 aliphatic carbocycles. The third kappa shape index (κ3) is 3.04. The van der Waals surface area contributed by atoms with Crippen LogP contribution in [0.2, 0.25) is 0 Å². The summed E-state index contributed by atoms with van der Waals surface area (Å²) >= 11 is 1.76. The van der Waals surface area contributed by atoms with E-state index < -0.39 is 0 Å². The Bertz CT molecular complexity index is 732. The van der Waals surface area contributed by atoms with Crippen molar-refractivity contribution in [3.05, 3.63) is 65.9 Å². The molecule has 0 saturated carbocycles. The number of rotatable bonds is 4. The minimum absolute atomic E-state index is 0.784. The molecule has 0 aliphatic heterocycles. The molecule has 0 radical (unpaired) electrons. The Kier molecular flexibility index (Phi) is 4.13. The highest BCUT2D eigenvalue weighted by Gasteiger charge is 2.13. The number of nitrogens with one attached hydrogen (secondary N) is 1. The third-order valence-corrected chi connectivity index (χ3v) is 4.54. The molecular weight excluding hydrogens is 276 g/mol. The van der Waals surface area contributed by atoms with Crippen molar-refractivity contribution in [1.29, 1.82) is 0 Å². The fourth-order valence-corrected chi connectivity index (χ4v) is 3.44. The fourth-order valence-electron chi connectivity index (χ4n) is 2.36. The molecule has 0 spiro atoms. The van der Waals surface area contributed by atoms with Crippen LogP contribution in [0.15, 0.2) is 54.6 Å². The van der Waals surface area contributed by atoms with Gasteiger partial charge in [0.2, 0.25) is 0 Å². The standard InChI is InChI=1S/C18H18N2S/c1-13-7-6-10-15(11-13)18-20-16(12-19-2)17(21-18)14-8-4-3-5-9-14/h3-11,19H,12H2,1-2H3. The van der Waals surface area contributed by atoms with E-state index in [0.717, 1.165) is 17.2 Å². The number of hydrogen-bond acceptors (Lipinski definition) is 3. The lowest BCUT2D eigenvalue weighted by Gasteiger charge is -2.00. The van der Waals surface area contributed by atoms with Gasteiger partial charge in [-0.2, -0.15) is 0 Å². The van der Waals surface area contributed by atoms with E-state index in [0.29, 0.717) is 0 Å². The zero-order valence-electron chi connectivity index (χ0n) is 12.3. The maximum Gasteiger partial charge on any atom is 0.124 e. The topological polar surface area (TPSA) is 24.9 Å². The minimum Gasteiger partial charge on any atom is -0.314 e. The number of nitrogens with zero attached hydrogens (tertiary/aromatic N) is 1. The molecule has 0 amide bonds. The maximum absolute atomic E-state index is 4.84. The van der Waals surface area contributed by atoms with Gasteiger partial charge in [0.15, 0.2) is 0 Å². The molecule has 3 aromatic rings. The summed E-state index contributed by atoms with van der Waals surface area (Å²) < 4.78 is 0. The Morgan fingerprint density at radius 1 is 1.00 bits per heavy atom. The summed E-state index contributed by atoms with van der Waals surface area (Å²) in [4.78, 5) is 6.10. The van der Waals surface area contributed by atoms with E-state index in [4.69, 9.17) is 4.98 Å². The summed E-state index contributed by atoms with van der Waals surface area (Å²) in [6.45, 7) is 2.90. The Balaban J connectivity index is 2.08. The predicted octanol–water partition coefficient (Wildman–Crippen LogP) is 4.50. The van der Waals surface area contributed by atoms with Gasteiger partial charge in [0.05, 0.1) is 10.6 Å². The quantitative estimate of drug-likeness (QED) is 0.766. The molecule has 0 bridgehead atoms. The summed E-state index contributed by atoms with van der Waals surface area (Å²) in [5, 5.41) is 4.30. The minimum atomic E-state index is 0.784. The number of hydrogen-bond donors (Lipinski definition) is 1. The largest absolute Gasteiger partial charge is 0.314 e. The van der Waals surface area contributed by atoms with Crippen LogP contribution in [0.25, 0.3) is 21.0 Å². The molecule has 21 heavy (non-hydrogen) atoms. The lowest BCUT2D eigenvalue weighted by molar-refractivity contribution is 0.799. The molecule has 0 fully saturated rings. The first-order valence-electron chi connectivity index (χ1n) is 7.04. The third-order valence-electron chi connectivity index (χ3n) is 3.34. The SMILES string of the molecule is CNCc1nc(-c2cccc(C)c2)sc1-c1ccccc1. The fraction of sp³-hybridized carbons (Fsp3) is 0.167. The summed E-state index contributed by atoms with van der Waals surface area (Å²) in [7, 11) is 1.96. The summed E-state index contributed by atoms with van der Waals surface area (Å²) in [6.07, 6.45) is 0. The van der Waals surface area contributed by atoms with Crippen LogP contribution in [0.3, 0.4) is 0 Å². The zero-order chi connectivity index (χ0) is 14.7. The van der Waals surface area contributed by atoms with Gasteiger partial charge < -0.3 is 5.32 Å². The molecule has 1 N–H and O–H groups in total. The van der Waals surface area contributed by atoms with Gasteiger partial charge in [-0.05, 0) is 25.6 Å². The van der Waals surface area contributed by atoms with E-state index in [1.54, 1.807) is 11.3 Å². The van der Waals surface area contributed by atoms with Crippen LogP contribution >= 0.6 is 11.3 Å². The Labute approximate surface area is 129 Å². The molecule has 0 saturated heterocycles. The average Bonchev–Trinajstić information content (AvgIpc) is 2.93. The van der Waals surface area contributed by atoms with Crippen LogP contribution in [0.4, 0.5) is 0 Å². The summed E-state index contributed by atoms with van der Waals surface area (Å²) in [5.74, 6) is 0. The molecule has 3 rings (SSSR count). The van der Waals surface area contributed by atoms with Gasteiger partial charge in [0, 0.05) is 12.1 Å². The van der Waals surface area contributed by atoms with Crippen molar-refractivity contribution in [3.63, 3.8) is 0 Å². The highest BCUT2D eigenvalue weighted by Crippen LogP contribution is 2.35. The second-order valence-electron chi connectivity index (χ2n) is 5.06. The van der Waals surface area contributed by atoms with E-state index in [9.17, 15) is 0 Å². The van der Waals surface area contributed by atoms with Gasteiger partial charge in [-0.3, -0.25) is 0 Å². The monoisotopic (exact) mass is 294 g/mol. The van der Waals surface area contributed by atoms with Crippen molar-refractivity contribution < 1.29 is 0 Å². The van der Waals surface area contributed by atoms with E-state index in [2.05, 4.69) is 60.8 Å². The normalized spacial score (nSPS) is 10.8. The highest BCUT2D eigenvalue weighted by atomic mass is 32.1. The van der Waals surface area contributed by atoms with E-state index >= 15 is 0 Å². The van der Waals surface area contributed by atoms with Crippen molar-refractivity contribution >= 4 is 11.3 Å². The number of benzene rings is 2. The van der Waals surface area contributed by atoms with Crippen molar-refractivity contribution in [2.24, 2.45) is 0 Å². The van der Waals surface area contributed by atoms with Gasteiger partial charge in [-0.15, -0.1) is 11.3 Å². The van der Waals surface area contributed by atoms with Gasteiger partial charge in [-0.1, -0.05) is 54.1 Å². The first-order valence-corrected chi connectivity index (χ1v) is 7.86. The lowest BCUT2D eigenvalue weighted by atomic mass is 10.1. The second-order valence-corrected chi connectivity index (χ2v) is 6.06. The smallest absolute Gasteiger partial charge is 0.124 e. The van der Waals surface area contributed by atoms with E-state index in [1.807, 2.05) is 13.1 Å². The summed E-state index contributed by atoms with van der Waals surface area (Å²) in [6, 6.07) is 19.0. The van der Waals surface area contributed by atoms with Crippen molar-refractivity contribution in [2.45, 2.75) is 13.5 Å². The maximum atomic E-state index is 4.84.